The third-order valence-corrected chi connectivity index (χ3v) is 5.02. The predicted molar refractivity (Wildman–Crippen MR) is 108 cm³/mol. The zero-order valence-corrected chi connectivity index (χ0v) is 16.7. The fourth-order valence-electron chi connectivity index (χ4n) is 3.34. The molecule has 0 saturated carbocycles. The zero-order valence-electron chi connectivity index (χ0n) is 16.7. The summed E-state index contributed by atoms with van der Waals surface area (Å²) >= 11 is 0. The van der Waals surface area contributed by atoms with E-state index in [0.29, 0.717) is 0 Å². The number of unbranched alkanes of at least 4 members (excludes halogenated alkanes) is 20. The maximum atomic E-state index is 2.54. The molecule has 0 spiro atoms. The van der Waals surface area contributed by atoms with E-state index >= 15 is 0 Å². The van der Waals surface area contributed by atoms with Crippen molar-refractivity contribution >= 4 is 0 Å². The van der Waals surface area contributed by atoms with E-state index < -0.39 is 0 Å². The Bertz CT molecular complexity index is 164. The van der Waals surface area contributed by atoms with Crippen LogP contribution in [0.2, 0.25) is 0 Å². The van der Waals surface area contributed by atoms with Crippen molar-refractivity contribution in [2.24, 2.45) is 0 Å². The second kappa shape index (κ2) is 22.0. The van der Waals surface area contributed by atoms with E-state index in [1.54, 1.807) is 0 Å². The molecule has 0 aromatic heterocycles. The van der Waals surface area contributed by atoms with Crippen LogP contribution in [0.3, 0.4) is 0 Å². The van der Waals surface area contributed by atoms with Crippen LogP contribution < -0.4 is 0 Å². The largest absolute Gasteiger partial charge is 0.0654 e. The molecule has 0 heteroatoms. The van der Waals surface area contributed by atoms with Crippen LogP contribution >= 0.6 is 0 Å². The fraction of sp³-hybridized carbons (Fsp3) is 0.957. The SMILES string of the molecule is CCCCCC[CH]CCCCCCCCCCCCCCCC. The molecule has 0 atom stereocenters. The van der Waals surface area contributed by atoms with E-state index in [-0.39, 0.29) is 0 Å². The van der Waals surface area contributed by atoms with Crippen LogP contribution in [-0.4, -0.2) is 0 Å². The molecule has 0 rings (SSSR count). The quantitative estimate of drug-likeness (QED) is 0.196. The van der Waals surface area contributed by atoms with Gasteiger partial charge in [-0.2, -0.15) is 0 Å². The van der Waals surface area contributed by atoms with Gasteiger partial charge in [0.15, 0.2) is 0 Å². The average Bonchev–Trinajstić information content (AvgIpc) is 2.57. The first-order valence-electron chi connectivity index (χ1n) is 11.2. The molecular formula is C23H47. The molecule has 0 fully saturated rings. The van der Waals surface area contributed by atoms with Crippen molar-refractivity contribution in [3.05, 3.63) is 6.42 Å². The molecule has 0 aliphatic heterocycles. The number of hydrogen-bond acceptors (Lipinski definition) is 0. The maximum absolute atomic E-state index is 2.54. The van der Waals surface area contributed by atoms with Gasteiger partial charge < -0.3 is 0 Å². The minimum atomic E-state index is 1.36. The Hall–Kier alpha value is 0. The van der Waals surface area contributed by atoms with Crippen LogP contribution in [0.25, 0.3) is 0 Å². The van der Waals surface area contributed by atoms with Gasteiger partial charge in [0, 0.05) is 0 Å². The van der Waals surface area contributed by atoms with Gasteiger partial charge in [-0.25, -0.2) is 0 Å². The lowest BCUT2D eigenvalue weighted by molar-refractivity contribution is 0.534. The highest BCUT2D eigenvalue weighted by Crippen LogP contribution is 2.14. The third-order valence-electron chi connectivity index (χ3n) is 5.02. The van der Waals surface area contributed by atoms with Crippen LogP contribution in [0.15, 0.2) is 0 Å². The van der Waals surface area contributed by atoms with Crippen molar-refractivity contribution in [1.29, 1.82) is 0 Å². The van der Waals surface area contributed by atoms with Gasteiger partial charge in [0.25, 0.3) is 0 Å². The summed E-state index contributed by atoms with van der Waals surface area (Å²) in [6.45, 7) is 4.59. The van der Waals surface area contributed by atoms with Crippen LogP contribution in [0.4, 0.5) is 0 Å². The molecule has 0 amide bonds. The highest BCUT2D eigenvalue weighted by atomic mass is 14.0. The highest BCUT2D eigenvalue weighted by molar-refractivity contribution is 4.64. The molecule has 23 heavy (non-hydrogen) atoms. The van der Waals surface area contributed by atoms with Crippen molar-refractivity contribution in [3.8, 4) is 0 Å². The van der Waals surface area contributed by atoms with Gasteiger partial charge in [-0.3, -0.25) is 0 Å². The number of rotatable bonds is 20. The second-order valence-electron chi connectivity index (χ2n) is 7.52. The lowest BCUT2D eigenvalue weighted by Gasteiger charge is -2.03. The fourth-order valence-corrected chi connectivity index (χ4v) is 3.34. The first kappa shape index (κ1) is 23.0. The summed E-state index contributed by atoms with van der Waals surface area (Å²) in [5.41, 5.74) is 0. The van der Waals surface area contributed by atoms with E-state index in [0.717, 1.165) is 0 Å². The molecular weight excluding hydrogens is 276 g/mol. The second-order valence-corrected chi connectivity index (χ2v) is 7.52. The van der Waals surface area contributed by atoms with Crippen molar-refractivity contribution < 1.29 is 0 Å². The van der Waals surface area contributed by atoms with Gasteiger partial charge in [-0.15, -0.1) is 0 Å². The summed E-state index contributed by atoms with van der Waals surface area (Å²) in [5.74, 6) is 0. The minimum Gasteiger partial charge on any atom is -0.0654 e. The van der Waals surface area contributed by atoms with Gasteiger partial charge in [0.2, 0.25) is 0 Å². The van der Waals surface area contributed by atoms with Crippen LogP contribution in [0.1, 0.15) is 142 Å². The topological polar surface area (TPSA) is 0 Å². The predicted octanol–water partition coefficient (Wildman–Crippen LogP) is 9.03. The number of hydrogen-bond donors (Lipinski definition) is 0. The molecule has 0 aromatic rings. The summed E-state index contributed by atoms with van der Waals surface area (Å²) in [5, 5.41) is 0. The van der Waals surface area contributed by atoms with Crippen molar-refractivity contribution in [1.82, 2.24) is 0 Å². The summed E-state index contributed by atoms with van der Waals surface area (Å²) in [6, 6.07) is 0. The molecule has 0 bridgehead atoms. The first-order chi connectivity index (χ1) is 11.4. The standard InChI is InChI=1S/C23H47/c1-3-5-7-9-11-13-15-17-19-21-23-22-20-18-16-14-12-10-8-6-4-2/h13H,3-12,14-23H2,1-2H3. The molecule has 0 nitrogen and oxygen atoms in total. The monoisotopic (exact) mass is 323 g/mol. The van der Waals surface area contributed by atoms with Crippen LogP contribution in [0, 0.1) is 6.42 Å². The molecule has 0 unspecified atom stereocenters. The average molecular weight is 324 g/mol. The Morgan fingerprint density at radius 3 is 0.957 bits per heavy atom. The van der Waals surface area contributed by atoms with Crippen LogP contribution in [0.5, 0.6) is 0 Å². The molecule has 0 saturated heterocycles. The third kappa shape index (κ3) is 22.0. The van der Waals surface area contributed by atoms with E-state index in [4.69, 9.17) is 0 Å². The zero-order chi connectivity index (χ0) is 16.8. The van der Waals surface area contributed by atoms with Gasteiger partial charge >= 0.3 is 0 Å². The van der Waals surface area contributed by atoms with E-state index in [9.17, 15) is 0 Å². The lowest BCUT2D eigenvalue weighted by Crippen LogP contribution is -1.84. The van der Waals surface area contributed by atoms with Crippen LogP contribution in [-0.2, 0) is 0 Å². The Labute approximate surface area is 149 Å². The molecule has 0 aromatic carbocycles. The maximum Gasteiger partial charge on any atom is -0.0386 e. The van der Waals surface area contributed by atoms with Gasteiger partial charge in [0.1, 0.15) is 0 Å². The molecule has 0 aliphatic carbocycles. The normalized spacial score (nSPS) is 11.2. The molecule has 0 aliphatic rings. The van der Waals surface area contributed by atoms with Gasteiger partial charge in [0.05, 0.1) is 0 Å². The molecule has 139 valence electrons. The summed E-state index contributed by atoms with van der Waals surface area (Å²) in [4.78, 5) is 0. The summed E-state index contributed by atoms with van der Waals surface area (Å²) in [6.07, 6.45) is 31.4. The van der Waals surface area contributed by atoms with Gasteiger partial charge in [-0.1, -0.05) is 142 Å². The van der Waals surface area contributed by atoms with E-state index in [2.05, 4.69) is 20.3 Å². The first-order valence-corrected chi connectivity index (χ1v) is 11.2. The minimum absolute atomic E-state index is 1.36. The van der Waals surface area contributed by atoms with E-state index in [1.165, 1.54) is 128 Å². The van der Waals surface area contributed by atoms with E-state index in [1.807, 2.05) is 0 Å². The van der Waals surface area contributed by atoms with Gasteiger partial charge in [-0.05, 0) is 6.42 Å². The Kier molecular flexibility index (Phi) is 22.0. The summed E-state index contributed by atoms with van der Waals surface area (Å²) in [7, 11) is 0. The molecule has 1 radical (unpaired) electrons. The van der Waals surface area contributed by atoms with Crippen molar-refractivity contribution in [2.75, 3.05) is 0 Å². The highest BCUT2D eigenvalue weighted by Gasteiger charge is 1.95. The van der Waals surface area contributed by atoms with Crippen molar-refractivity contribution in [2.45, 2.75) is 142 Å². The lowest BCUT2D eigenvalue weighted by atomic mass is 10.0. The molecule has 0 heterocycles. The Morgan fingerprint density at radius 1 is 0.348 bits per heavy atom. The smallest absolute Gasteiger partial charge is 0.0386 e. The Balaban J connectivity index is 2.92. The Morgan fingerprint density at radius 2 is 0.609 bits per heavy atom. The van der Waals surface area contributed by atoms with Crippen molar-refractivity contribution in [3.63, 3.8) is 0 Å². The summed E-state index contributed by atoms with van der Waals surface area (Å²) < 4.78 is 0. The molecule has 0 N–H and O–H groups in total.